The summed E-state index contributed by atoms with van der Waals surface area (Å²) >= 11 is 0. The number of nitrogens with one attached hydrogen (secondary N) is 3. The SMILES string of the molecule is O=C(N[C@@H]1CCC[C@H](Nc2nc(-c3c[nH]c4ncc(F)cc34)ncc2F)C1)c1cc(CCCOCCOCc2ccccc2)ccn1. The van der Waals surface area contributed by atoms with Crippen molar-refractivity contribution in [2.75, 3.05) is 25.1 Å². The highest BCUT2D eigenvalue weighted by molar-refractivity contribution is 5.93. The van der Waals surface area contributed by atoms with Crippen LogP contribution in [-0.2, 0) is 22.5 Å². The Morgan fingerprint density at radius 3 is 2.68 bits per heavy atom. The highest BCUT2D eigenvalue weighted by atomic mass is 19.1. The molecule has 0 aliphatic heterocycles. The molecule has 10 nitrogen and oxygen atoms in total. The molecule has 0 bridgehead atoms. The summed E-state index contributed by atoms with van der Waals surface area (Å²) in [4.78, 5) is 33.0. The van der Waals surface area contributed by atoms with E-state index in [-0.39, 0.29) is 29.6 Å². The number of amides is 1. The Kier molecular flexibility index (Phi) is 10.7. The first kappa shape index (κ1) is 32.1. The molecule has 0 saturated heterocycles. The van der Waals surface area contributed by atoms with E-state index < -0.39 is 11.6 Å². The van der Waals surface area contributed by atoms with Crippen molar-refractivity contribution in [1.29, 1.82) is 0 Å². The monoisotopic (exact) mass is 641 g/mol. The molecule has 12 heteroatoms. The number of pyridine rings is 2. The fourth-order valence-corrected chi connectivity index (χ4v) is 5.78. The molecule has 1 amide bonds. The minimum Gasteiger partial charge on any atom is -0.379 e. The number of benzene rings is 1. The van der Waals surface area contributed by atoms with Crippen molar-refractivity contribution >= 4 is 22.8 Å². The number of hydrogen-bond donors (Lipinski definition) is 3. The van der Waals surface area contributed by atoms with Gasteiger partial charge in [-0.2, -0.15) is 0 Å². The fourth-order valence-electron chi connectivity index (χ4n) is 5.78. The van der Waals surface area contributed by atoms with E-state index in [1.807, 2.05) is 42.5 Å². The van der Waals surface area contributed by atoms with Crippen molar-refractivity contribution in [2.45, 2.75) is 57.2 Å². The molecular weight excluding hydrogens is 604 g/mol. The van der Waals surface area contributed by atoms with Crippen LogP contribution in [-0.4, -0.2) is 62.7 Å². The van der Waals surface area contributed by atoms with Gasteiger partial charge in [0.05, 0.1) is 32.2 Å². The Morgan fingerprint density at radius 2 is 1.79 bits per heavy atom. The van der Waals surface area contributed by atoms with Crippen LogP contribution in [0.25, 0.3) is 22.4 Å². The number of carbonyl (C=O) groups is 1. The second kappa shape index (κ2) is 15.7. The molecule has 3 N–H and O–H groups in total. The van der Waals surface area contributed by atoms with Gasteiger partial charge in [0.2, 0.25) is 0 Å². The maximum Gasteiger partial charge on any atom is 0.270 e. The number of H-pyrrole nitrogens is 1. The number of rotatable bonds is 14. The van der Waals surface area contributed by atoms with Crippen LogP contribution in [0.2, 0.25) is 0 Å². The third-order valence-corrected chi connectivity index (χ3v) is 8.13. The van der Waals surface area contributed by atoms with Crippen molar-refractivity contribution in [3.05, 3.63) is 102 Å². The zero-order valence-corrected chi connectivity index (χ0v) is 25.9. The number of fused-ring (bicyclic) bond motifs is 1. The lowest BCUT2D eigenvalue weighted by molar-refractivity contribution is 0.0399. The van der Waals surface area contributed by atoms with Crippen molar-refractivity contribution in [3.63, 3.8) is 0 Å². The molecule has 2 atom stereocenters. The number of nitrogens with zero attached hydrogens (tertiary/aromatic N) is 4. The number of aromatic nitrogens is 5. The van der Waals surface area contributed by atoms with Gasteiger partial charge in [0.25, 0.3) is 5.91 Å². The summed E-state index contributed by atoms with van der Waals surface area (Å²) in [6.45, 7) is 2.23. The number of aryl methyl sites for hydroxylation is 1. The summed E-state index contributed by atoms with van der Waals surface area (Å²) < 4.78 is 40.0. The van der Waals surface area contributed by atoms with Crippen molar-refractivity contribution in [1.82, 2.24) is 30.2 Å². The largest absolute Gasteiger partial charge is 0.379 e. The van der Waals surface area contributed by atoms with E-state index in [1.165, 1.54) is 6.07 Å². The second-order valence-corrected chi connectivity index (χ2v) is 11.6. The molecule has 5 aromatic rings. The molecule has 0 spiro atoms. The van der Waals surface area contributed by atoms with E-state index in [9.17, 15) is 13.6 Å². The average Bonchev–Trinajstić information content (AvgIpc) is 3.51. The first-order valence-electron chi connectivity index (χ1n) is 15.9. The van der Waals surface area contributed by atoms with Gasteiger partial charge < -0.3 is 25.1 Å². The summed E-state index contributed by atoms with van der Waals surface area (Å²) in [7, 11) is 0. The Hall–Kier alpha value is -4.81. The average molecular weight is 642 g/mol. The minimum absolute atomic E-state index is 0.0590. The molecule has 1 aliphatic rings. The highest BCUT2D eigenvalue weighted by Crippen LogP contribution is 2.28. The summed E-state index contributed by atoms with van der Waals surface area (Å²) in [5.74, 6) is -1.01. The Labute approximate surface area is 271 Å². The number of ether oxygens (including phenoxy) is 2. The topological polar surface area (TPSA) is 127 Å². The van der Waals surface area contributed by atoms with Crippen LogP contribution in [0.15, 0.2) is 73.3 Å². The Balaban J connectivity index is 0.963. The van der Waals surface area contributed by atoms with Crippen molar-refractivity contribution in [2.24, 2.45) is 0 Å². The van der Waals surface area contributed by atoms with Gasteiger partial charge >= 0.3 is 0 Å². The van der Waals surface area contributed by atoms with Gasteiger partial charge in [-0.05, 0) is 67.9 Å². The molecule has 1 fully saturated rings. The molecule has 4 aromatic heterocycles. The summed E-state index contributed by atoms with van der Waals surface area (Å²) in [5.41, 5.74) is 3.53. The van der Waals surface area contributed by atoms with Crippen LogP contribution in [0.1, 0.15) is 53.7 Å². The van der Waals surface area contributed by atoms with E-state index in [0.29, 0.717) is 55.1 Å². The number of halogens is 2. The zero-order chi connectivity index (χ0) is 32.4. The highest BCUT2D eigenvalue weighted by Gasteiger charge is 2.25. The first-order valence-corrected chi connectivity index (χ1v) is 15.9. The Bertz CT molecular complexity index is 1790. The van der Waals surface area contributed by atoms with E-state index in [4.69, 9.17) is 9.47 Å². The minimum atomic E-state index is -0.591. The smallest absolute Gasteiger partial charge is 0.270 e. The number of aromatic amines is 1. The molecule has 1 aromatic carbocycles. The molecule has 47 heavy (non-hydrogen) atoms. The van der Waals surface area contributed by atoms with E-state index in [2.05, 4.69) is 35.6 Å². The molecule has 1 aliphatic carbocycles. The number of anilines is 1. The van der Waals surface area contributed by atoms with Gasteiger partial charge in [-0.3, -0.25) is 9.78 Å². The Morgan fingerprint density at radius 1 is 0.936 bits per heavy atom. The summed E-state index contributed by atoms with van der Waals surface area (Å²) in [6.07, 6.45) is 10.1. The van der Waals surface area contributed by atoms with E-state index in [0.717, 1.165) is 55.6 Å². The lowest BCUT2D eigenvalue weighted by Gasteiger charge is -2.30. The summed E-state index contributed by atoms with van der Waals surface area (Å²) in [5, 5.41) is 6.82. The quantitative estimate of drug-likeness (QED) is 0.126. The van der Waals surface area contributed by atoms with Crippen LogP contribution < -0.4 is 10.6 Å². The van der Waals surface area contributed by atoms with E-state index in [1.54, 1.807) is 12.4 Å². The van der Waals surface area contributed by atoms with Crippen LogP contribution in [0.4, 0.5) is 14.6 Å². The lowest BCUT2D eigenvalue weighted by atomic mass is 9.90. The fraction of sp³-hybridized carbons (Fsp3) is 0.343. The zero-order valence-electron chi connectivity index (χ0n) is 25.9. The summed E-state index contributed by atoms with van der Waals surface area (Å²) in [6, 6.07) is 14.9. The maximum absolute atomic E-state index is 14.8. The van der Waals surface area contributed by atoms with Gasteiger partial charge in [0.1, 0.15) is 17.2 Å². The third kappa shape index (κ3) is 8.72. The molecule has 1 saturated carbocycles. The van der Waals surface area contributed by atoms with Gasteiger partial charge in [0.15, 0.2) is 17.5 Å². The third-order valence-electron chi connectivity index (χ3n) is 8.13. The molecule has 6 rings (SSSR count). The predicted molar refractivity (Wildman–Crippen MR) is 174 cm³/mol. The van der Waals surface area contributed by atoms with Crippen LogP contribution in [0.5, 0.6) is 0 Å². The van der Waals surface area contributed by atoms with Crippen LogP contribution >= 0.6 is 0 Å². The lowest BCUT2D eigenvalue weighted by Crippen LogP contribution is -2.42. The van der Waals surface area contributed by atoms with Crippen LogP contribution in [0.3, 0.4) is 0 Å². The number of carbonyl (C=O) groups excluding carboxylic acids is 1. The van der Waals surface area contributed by atoms with E-state index >= 15 is 0 Å². The second-order valence-electron chi connectivity index (χ2n) is 11.6. The predicted octanol–water partition coefficient (Wildman–Crippen LogP) is 6.01. The maximum atomic E-state index is 14.8. The van der Waals surface area contributed by atoms with Crippen molar-refractivity contribution < 1.29 is 23.0 Å². The molecular formula is C35H37F2N7O3. The van der Waals surface area contributed by atoms with Gasteiger partial charge in [-0.25, -0.2) is 23.7 Å². The molecule has 4 heterocycles. The normalized spacial score (nSPS) is 16.3. The standard InChI is InChI=1S/C35H37F2N7O3/c36-25-17-28-29(20-40-32(28)39-19-25)33-41-21-30(37)34(44-33)42-26-9-4-10-27(18-26)43-35(45)31-16-23(11-12-38-31)8-5-13-46-14-15-47-22-24-6-2-1-3-7-24/h1-3,6-7,11-12,16-17,19-21,26-27H,4-5,8-10,13-15,18,22H2,(H,39,40)(H,43,45)(H,41,42,44)/t26-,27+/m0/s1. The van der Waals surface area contributed by atoms with Gasteiger partial charge in [0, 0.05) is 42.0 Å². The van der Waals surface area contributed by atoms with Gasteiger partial charge in [-0.15, -0.1) is 0 Å². The number of hydrogen-bond acceptors (Lipinski definition) is 8. The molecule has 0 unspecified atom stereocenters. The molecule has 244 valence electrons. The first-order chi connectivity index (χ1) is 23.0. The van der Waals surface area contributed by atoms with Crippen molar-refractivity contribution in [3.8, 4) is 11.4 Å². The van der Waals surface area contributed by atoms with Gasteiger partial charge in [-0.1, -0.05) is 30.3 Å². The molecule has 0 radical (unpaired) electrons. The van der Waals surface area contributed by atoms with Crippen LogP contribution in [0, 0.1) is 11.6 Å².